The van der Waals surface area contributed by atoms with Gasteiger partial charge in [-0.1, -0.05) is 36.4 Å². The Labute approximate surface area is 179 Å². The predicted molar refractivity (Wildman–Crippen MR) is 120 cm³/mol. The van der Waals surface area contributed by atoms with Crippen LogP contribution >= 0.6 is 0 Å². The molecule has 158 valence electrons. The minimum atomic E-state index is -0.698. The number of benzene rings is 2. The van der Waals surface area contributed by atoms with E-state index < -0.39 is 18.6 Å². The molecule has 4 aromatic rings. The number of carbonyl (C=O) groups excluding carboxylic acids is 2. The molecule has 0 bridgehead atoms. The Morgan fingerprint density at radius 3 is 2.45 bits per heavy atom. The quantitative estimate of drug-likeness (QED) is 0.446. The van der Waals surface area contributed by atoms with E-state index >= 15 is 0 Å². The zero-order valence-electron chi connectivity index (χ0n) is 17.5. The first-order valence-corrected chi connectivity index (χ1v) is 9.86. The summed E-state index contributed by atoms with van der Waals surface area (Å²) in [6.45, 7) is 5.13. The van der Waals surface area contributed by atoms with Gasteiger partial charge in [-0.3, -0.25) is 10.1 Å². The van der Waals surface area contributed by atoms with Crippen LogP contribution in [0.4, 0.5) is 16.2 Å². The standard InChI is InChI=1S/C23H23N5O3/c1-14-22(18-11-7-8-12-19(18)24-14)26-23(30)31-13-20(29)25-21-15(2)27-28(16(21)3)17-9-5-4-6-10-17/h4-12,24H,13H2,1-3H3,(H,25,29)(H,26,30). The van der Waals surface area contributed by atoms with Gasteiger partial charge in [-0.15, -0.1) is 0 Å². The first-order chi connectivity index (χ1) is 14.9. The van der Waals surface area contributed by atoms with Crippen molar-refractivity contribution in [2.24, 2.45) is 0 Å². The van der Waals surface area contributed by atoms with Crippen LogP contribution in [-0.2, 0) is 9.53 Å². The molecule has 2 aromatic carbocycles. The lowest BCUT2D eigenvalue weighted by Gasteiger charge is -2.09. The van der Waals surface area contributed by atoms with Gasteiger partial charge in [0.05, 0.1) is 28.5 Å². The van der Waals surface area contributed by atoms with Crippen LogP contribution in [0, 0.1) is 20.8 Å². The van der Waals surface area contributed by atoms with Gasteiger partial charge in [0, 0.05) is 16.6 Å². The van der Waals surface area contributed by atoms with Crippen molar-refractivity contribution in [2.45, 2.75) is 20.8 Å². The third-order valence-electron chi connectivity index (χ3n) is 5.01. The van der Waals surface area contributed by atoms with E-state index in [4.69, 9.17) is 4.74 Å². The summed E-state index contributed by atoms with van der Waals surface area (Å²) in [5, 5.41) is 10.9. The predicted octanol–water partition coefficient (Wildman–Crippen LogP) is 4.47. The molecule has 0 atom stereocenters. The van der Waals surface area contributed by atoms with Crippen LogP contribution in [0.25, 0.3) is 16.6 Å². The first-order valence-electron chi connectivity index (χ1n) is 9.86. The molecule has 2 heterocycles. The number of amides is 2. The molecule has 0 aliphatic carbocycles. The number of hydrogen-bond acceptors (Lipinski definition) is 4. The summed E-state index contributed by atoms with van der Waals surface area (Å²) in [6.07, 6.45) is -0.698. The van der Waals surface area contributed by atoms with Crippen LogP contribution in [0.5, 0.6) is 0 Å². The molecule has 0 aliphatic heterocycles. The highest BCUT2D eigenvalue weighted by Gasteiger charge is 2.17. The second-order valence-corrected chi connectivity index (χ2v) is 7.21. The summed E-state index contributed by atoms with van der Waals surface area (Å²) in [5.74, 6) is -0.440. The maximum Gasteiger partial charge on any atom is 0.412 e. The van der Waals surface area contributed by atoms with Gasteiger partial charge in [-0.2, -0.15) is 5.10 Å². The SMILES string of the molecule is Cc1nn(-c2ccccc2)c(C)c1NC(=O)COC(=O)Nc1c(C)[nH]c2ccccc12. The zero-order chi connectivity index (χ0) is 22.0. The lowest BCUT2D eigenvalue weighted by Crippen LogP contribution is -2.24. The molecule has 8 heteroatoms. The number of aryl methyl sites for hydroxylation is 2. The fraction of sp³-hybridized carbons (Fsp3) is 0.174. The van der Waals surface area contributed by atoms with E-state index in [0.29, 0.717) is 17.1 Å². The van der Waals surface area contributed by atoms with E-state index in [2.05, 4.69) is 20.7 Å². The number of ether oxygens (including phenoxy) is 1. The van der Waals surface area contributed by atoms with Gasteiger partial charge < -0.3 is 15.0 Å². The van der Waals surface area contributed by atoms with Crippen LogP contribution in [-0.4, -0.2) is 33.4 Å². The Balaban J connectivity index is 1.39. The number of para-hydroxylation sites is 2. The highest BCUT2D eigenvalue weighted by atomic mass is 16.6. The molecule has 0 fully saturated rings. The molecule has 3 N–H and O–H groups in total. The number of rotatable bonds is 5. The van der Waals surface area contributed by atoms with Crippen LogP contribution in [0.3, 0.4) is 0 Å². The number of fused-ring (bicyclic) bond motifs is 1. The van der Waals surface area contributed by atoms with E-state index in [1.54, 1.807) is 4.68 Å². The van der Waals surface area contributed by atoms with Crippen molar-refractivity contribution in [1.29, 1.82) is 0 Å². The van der Waals surface area contributed by atoms with Crippen molar-refractivity contribution in [3.8, 4) is 5.69 Å². The van der Waals surface area contributed by atoms with E-state index in [9.17, 15) is 9.59 Å². The minimum Gasteiger partial charge on any atom is -0.439 e. The van der Waals surface area contributed by atoms with Crippen LogP contribution in [0.2, 0.25) is 0 Å². The molecule has 4 rings (SSSR count). The number of carbonyl (C=O) groups is 2. The van der Waals surface area contributed by atoms with E-state index in [0.717, 1.165) is 28.0 Å². The van der Waals surface area contributed by atoms with E-state index in [1.807, 2.05) is 75.4 Å². The smallest absolute Gasteiger partial charge is 0.412 e. The Hall–Kier alpha value is -4.07. The molecule has 0 radical (unpaired) electrons. The summed E-state index contributed by atoms with van der Waals surface area (Å²) >= 11 is 0. The van der Waals surface area contributed by atoms with Crippen molar-refractivity contribution in [2.75, 3.05) is 17.2 Å². The second kappa shape index (κ2) is 8.35. The molecular formula is C23H23N5O3. The van der Waals surface area contributed by atoms with Crippen molar-refractivity contribution >= 4 is 34.3 Å². The molecule has 2 amide bonds. The molecular weight excluding hydrogens is 394 g/mol. The van der Waals surface area contributed by atoms with Gasteiger partial charge >= 0.3 is 6.09 Å². The molecule has 0 saturated heterocycles. The molecule has 2 aromatic heterocycles. The summed E-state index contributed by atoms with van der Waals surface area (Å²) in [5.41, 5.74) is 5.32. The summed E-state index contributed by atoms with van der Waals surface area (Å²) in [4.78, 5) is 27.8. The fourth-order valence-corrected chi connectivity index (χ4v) is 3.53. The van der Waals surface area contributed by atoms with E-state index in [-0.39, 0.29) is 0 Å². The fourth-order valence-electron chi connectivity index (χ4n) is 3.53. The molecule has 0 saturated carbocycles. The van der Waals surface area contributed by atoms with Crippen LogP contribution < -0.4 is 10.6 Å². The Bertz CT molecular complexity index is 1260. The lowest BCUT2D eigenvalue weighted by molar-refractivity contribution is -0.118. The molecule has 0 unspecified atom stereocenters. The lowest BCUT2D eigenvalue weighted by atomic mass is 10.2. The topological polar surface area (TPSA) is 101 Å². The summed E-state index contributed by atoms with van der Waals surface area (Å²) < 4.78 is 6.88. The van der Waals surface area contributed by atoms with Gasteiger partial charge in [0.25, 0.3) is 5.91 Å². The number of hydrogen-bond donors (Lipinski definition) is 3. The van der Waals surface area contributed by atoms with Crippen molar-refractivity contribution in [1.82, 2.24) is 14.8 Å². The van der Waals surface area contributed by atoms with Crippen molar-refractivity contribution in [3.05, 3.63) is 71.7 Å². The maximum atomic E-state index is 12.4. The largest absolute Gasteiger partial charge is 0.439 e. The number of aromatic amines is 1. The second-order valence-electron chi connectivity index (χ2n) is 7.21. The van der Waals surface area contributed by atoms with Gasteiger partial charge in [0.15, 0.2) is 6.61 Å². The summed E-state index contributed by atoms with van der Waals surface area (Å²) in [7, 11) is 0. The zero-order valence-corrected chi connectivity index (χ0v) is 17.5. The van der Waals surface area contributed by atoms with Gasteiger partial charge in [-0.25, -0.2) is 9.48 Å². The van der Waals surface area contributed by atoms with Crippen LogP contribution in [0.1, 0.15) is 17.1 Å². The highest BCUT2D eigenvalue weighted by molar-refractivity contribution is 6.01. The highest BCUT2D eigenvalue weighted by Crippen LogP contribution is 2.27. The number of H-pyrrole nitrogens is 1. The third kappa shape index (κ3) is 4.13. The van der Waals surface area contributed by atoms with Crippen LogP contribution in [0.15, 0.2) is 54.6 Å². The monoisotopic (exact) mass is 417 g/mol. The minimum absolute atomic E-state index is 0.414. The normalized spacial score (nSPS) is 10.8. The number of nitrogens with zero attached hydrogens (tertiary/aromatic N) is 2. The Morgan fingerprint density at radius 2 is 1.68 bits per heavy atom. The number of anilines is 2. The number of aromatic nitrogens is 3. The maximum absolute atomic E-state index is 12.4. The van der Waals surface area contributed by atoms with Gasteiger partial charge in [0.2, 0.25) is 0 Å². The first kappa shape index (κ1) is 20.2. The average molecular weight is 417 g/mol. The average Bonchev–Trinajstić information content (AvgIpc) is 3.23. The van der Waals surface area contributed by atoms with E-state index in [1.165, 1.54) is 0 Å². The van der Waals surface area contributed by atoms with Gasteiger partial charge in [-0.05, 0) is 39.0 Å². The van der Waals surface area contributed by atoms with Gasteiger partial charge in [0.1, 0.15) is 0 Å². The summed E-state index contributed by atoms with van der Waals surface area (Å²) in [6, 6.07) is 17.3. The number of nitrogens with one attached hydrogen (secondary N) is 3. The van der Waals surface area contributed by atoms with Crippen molar-refractivity contribution in [3.63, 3.8) is 0 Å². The Morgan fingerprint density at radius 1 is 0.968 bits per heavy atom. The molecule has 0 aliphatic rings. The molecule has 0 spiro atoms. The molecule has 31 heavy (non-hydrogen) atoms. The third-order valence-corrected chi connectivity index (χ3v) is 5.01. The Kier molecular flexibility index (Phi) is 5.44. The molecule has 8 nitrogen and oxygen atoms in total. The van der Waals surface area contributed by atoms with Crippen molar-refractivity contribution < 1.29 is 14.3 Å².